The van der Waals surface area contributed by atoms with Crippen LogP contribution in [0.2, 0.25) is 0 Å². The number of rotatable bonds is 2. The highest BCUT2D eigenvalue weighted by atomic mass is 15.2. The van der Waals surface area contributed by atoms with E-state index < -0.39 is 0 Å². The molecule has 0 radical (unpaired) electrons. The fraction of sp³-hybridized carbons (Fsp3) is 0.286. The van der Waals surface area contributed by atoms with Crippen molar-refractivity contribution in [3.05, 3.63) is 77.9 Å². The third kappa shape index (κ3) is 2.48. The minimum Gasteiger partial charge on any atom is -0.363 e. The summed E-state index contributed by atoms with van der Waals surface area (Å²) in [5.41, 5.74) is 5.55. The first kappa shape index (κ1) is 14.3. The Morgan fingerprint density at radius 2 is 1.78 bits per heavy atom. The van der Waals surface area contributed by atoms with Crippen LogP contribution in [0.3, 0.4) is 0 Å². The van der Waals surface area contributed by atoms with Gasteiger partial charge in [0.15, 0.2) is 0 Å². The molecule has 0 unspecified atom stereocenters. The molecular formula is C21H22N2. The largest absolute Gasteiger partial charge is 0.363 e. The fourth-order valence-corrected chi connectivity index (χ4v) is 4.01. The average molecular weight is 302 g/mol. The van der Waals surface area contributed by atoms with Crippen LogP contribution in [0.1, 0.15) is 23.6 Å². The van der Waals surface area contributed by atoms with Crippen LogP contribution < -0.4 is 4.90 Å². The van der Waals surface area contributed by atoms with Gasteiger partial charge in [-0.25, -0.2) is 0 Å². The van der Waals surface area contributed by atoms with Crippen molar-refractivity contribution in [1.29, 1.82) is 0 Å². The molecule has 0 amide bonds. The molecule has 1 aliphatic carbocycles. The molecule has 116 valence electrons. The lowest BCUT2D eigenvalue weighted by molar-refractivity contribution is 0.538. The van der Waals surface area contributed by atoms with E-state index in [1.165, 1.54) is 22.5 Å². The first-order valence-electron chi connectivity index (χ1n) is 8.40. The molecule has 2 nitrogen and oxygen atoms in total. The Kier molecular flexibility index (Phi) is 3.74. The third-order valence-electron chi connectivity index (χ3n) is 5.10. The van der Waals surface area contributed by atoms with Crippen LogP contribution in [0.4, 0.5) is 5.69 Å². The summed E-state index contributed by atoms with van der Waals surface area (Å²) < 4.78 is 0. The van der Waals surface area contributed by atoms with Crippen molar-refractivity contribution in [2.45, 2.75) is 18.9 Å². The summed E-state index contributed by atoms with van der Waals surface area (Å²) in [5, 5.41) is 0. The van der Waals surface area contributed by atoms with Crippen molar-refractivity contribution in [2.24, 2.45) is 10.9 Å². The maximum Gasteiger partial charge on any atom is 0.0660 e. The minimum atomic E-state index is 0.347. The zero-order chi connectivity index (χ0) is 15.6. The van der Waals surface area contributed by atoms with Crippen LogP contribution in [-0.2, 0) is 6.42 Å². The lowest BCUT2D eigenvalue weighted by Crippen LogP contribution is -2.40. The van der Waals surface area contributed by atoms with Gasteiger partial charge >= 0.3 is 0 Å². The standard InChI is InChI=1S/C21H22N2/c1-22-20-13-7-12-19(20)21-18-11-6-5-8-16(18)14-15-23(21)17-9-3-2-4-10-17/h2-12,19,21H,13-15H2,1H3/t19-,21-/m0/s1. The van der Waals surface area contributed by atoms with Crippen molar-refractivity contribution >= 4 is 11.4 Å². The highest BCUT2D eigenvalue weighted by molar-refractivity contribution is 5.93. The Hall–Kier alpha value is -2.35. The van der Waals surface area contributed by atoms with Gasteiger partial charge in [-0.05, 0) is 29.7 Å². The summed E-state index contributed by atoms with van der Waals surface area (Å²) in [6, 6.07) is 20.1. The van der Waals surface area contributed by atoms with Gasteiger partial charge in [-0.15, -0.1) is 0 Å². The van der Waals surface area contributed by atoms with Crippen LogP contribution >= 0.6 is 0 Å². The Labute approximate surface area is 138 Å². The highest BCUT2D eigenvalue weighted by Gasteiger charge is 2.36. The summed E-state index contributed by atoms with van der Waals surface area (Å²) in [6.07, 6.45) is 6.72. The fourth-order valence-electron chi connectivity index (χ4n) is 4.01. The van der Waals surface area contributed by atoms with E-state index in [2.05, 4.69) is 76.6 Å². The van der Waals surface area contributed by atoms with E-state index in [4.69, 9.17) is 0 Å². The summed E-state index contributed by atoms with van der Waals surface area (Å²) in [4.78, 5) is 7.14. The quantitative estimate of drug-likeness (QED) is 0.749. The van der Waals surface area contributed by atoms with E-state index in [0.29, 0.717) is 12.0 Å². The van der Waals surface area contributed by atoms with E-state index in [1.807, 2.05) is 7.05 Å². The minimum absolute atomic E-state index is 0.347. The zero-order valence-corrected chi connectivity index (χ0v) is 13.5. The van der Waals surface area contributed by atoms with Gasteiger partial charge in [0.05, 0.1) is 6.04 Å². The van der Waals surface area contributed by atoms with Gasteiger partial charge in [-0.2, -0.15) is 0 Å². The van der Waals surface area contributed by atoms with Crippen molar-refractivity contribution < 1.29 is 0 Å². The summed E-state index contributed by atoms with van der Waals surface area (Å²) in [5.74, 6) is 0.377. The van der Waals surface area contributed by atoms with E-state index in [9.17, 15) is 0 Å². The van der Waals surface area contributed by atoms with Crippen LogP contribution in [0, 0.1) is 5.92 Å². The van der Waals surface area contributed by atoms with Crippen molar-refractivity contribution in [3.63, 3.8) is 0 Å². The molecule has 1 heterocycles. The van der Waals surface area contributed by atoms with E-state index in [1.54, 1.807) is 0 Å². The average Bonchev–Trinajstić information content (AvgIpc) is 3.09. The molecule has 0 bridgehead atoms. The van der Waals surface area contributed by atoms with Gasteiger partial charge in [0.1, 0.15) is 0 Å². The summed E-state index contributed by atoms with van der Waals surface area (Å²) in [7, 11) is 1.93. The third-order valence-corrected chi connectivity index (χ3v) is 5.10. The normalized spacial score (nSPS) is 24.9. The van der Waals surface area contributed by atoms with Crippen LogP contribution in [0.15, 0.2) is 71.7 Å². The molecule has 1 aliphatic heterocycles. The Bertz CT molecular complexity index is 745. The second-order valence-electron chi connectivity index (χ2n) is 6.30. The molecule has 0 aromatic heterocycles. The summed E-state index contributed by atoms with van der Waals surface area (Å²) >= 11 is 0. The number of hydrogen-bond donors (Lipinski definition) is 0. The Balaban J connectivity index is 1.82. The van der Waals surface area contributed by atoms with Gasteiger partial charge in [0.2, 0.25) is 0 Å². The molecule has 2 aromatic rings. The van der Waals surface area contributed by atoms with E-state index in [0.717, 1.165) is 19.4 Å². The number of allylic oxidation sites excluding steroid dienone is 1. The molecule has 23 heavy (non-hydrogen) atoms. The predicted octanol–water partition coefficient (Wildman–Crippen LogP) is 4.44. The first-order chi connectivity index (χ1) is 11.4. The maximum absolute atomic E-state index is 4.57. The maximum atomic E-state index is 4.57. The molecule has 0 saturated carbocycles. The number of benzene rings is 2. The molecule has 2 heteroatoms. The number of aliphatic imine (C=N–C) groups is 1. The van der Waals surface area contributed by atoms with Crippen LogP contribution in [-0.4, -0.2) is 19.3 Å². The van der Waals surface area contributed by atoms with Crippen LogP contribution in [0.25, 0.3) is 0 Å². The number of anilines is 1. The van der Waals surface area contributed by atoms with Crippen molar-refractivity contribution in [3.8, 4) is 0 Å². The Morgan fingerprint density at radius 3 is 2.61 bits per heavy atom. The van der Waals surface area contributed by atoms with Gasteiger partial charge < -0.3 is 4.90 Å². The zero-order valence-electron chi connectivity index (χ0n) is 13.5. The Morgan fingerprint density at radius 1 is 1.00 bits per heavy atom. The molecule has 2 aromatic carbocycles. The number of para-hydroxylation sites is 1. The SMILES string of the molecule is CN=C1CC=C[C@@H]1[C@@H]1c2ccccc2CCN1c1ccccc1. The molecule has 2 aliphatic rings. The number of nitrogens with zero attached hydrogens (tertiary/aromatic N) is 2. The van der Waals surface area contributed by atoms with Gasteiger partial charge in [-0.3, -0.25) is 4.99 Å². The second-order valence-corrected chi connectivity index (χ2v) is 6.30. The molecule has 0 fully saturated rings. The van der Waals surface area contributed by atoms with Crippen molar-refractivity contribution in [1.82, 2.24) is 0 Å². The second kappa shape index (κ2) is 6.04. The molecule has 0 spiro atoms. The monoisotopic (exact) mass is 302 g/mol. The van der Waals surface area contributed by atoms with Crippen LogP contribution in [0.5, 0.6) is 0 Å². The lowest BCUT2D eigenvalue weighted by Gasteiger charge is -2.42. The summed E-state index contributed by atoms with van der Waals surface area (Å²) in [6.45, 7) is 1.06. The molecule has 2 atom stereocenters. The molecule has 0 N–H and O–H groups in total. The van der Waals surface area contributed by atoms with Crippen molar-refractivity contribution in [2.75, 3.05) is 18.5 Å². The number of fused-ring (bicyclic) bond motifs is 1. The lowest BCUT2D eigenvalue weighted by atomic mass is 9.83. The first-order valence-corrected chi connectivity index (χ1v) is 8.40. The molecule has 0 saturated heterocycles. The molecular weight excluding hydrogens is 280 g/mol. The van der Waals surface area contributed by atoms with E-state index >= 15 is 0 Å². The molecule has 4 rings (SSSR count). The van der Waals surface area contributed by atoms with E-state index in [-0.39, 0.29) is 0 Å². The topological polar surface area (TPSA) is 15.6 Å². The van der Waals surface area contributed by atoms with Gasteiger partial charge in [0, 0.05) is 37.3 Å². The number of hydrogen-bond acceptors (Lipinski definition) is 2. The van der Waals surface area contributed by atoms with Gasteiger partial charge in [0.25, 0.3) is 0 Å². The highest BCUT2D eigenvalue weighted by Crippen LogP contribution is 2.41. The predicted molar refractivity (Wildman–Crippen MR) is 97.3 cm³/mol. The smallest absolute Gasteiger partial charge is 0.0660 e. The van der Waals surface area contributed by atoms with Gasteiger partial charge in [-0.1, -0.05) is 54.6 Å².